The van der Waals surface area contributed by atoms with E-state index in [9.17, 15) is 27.6 Å². The van der Waals surface area contributed by atoms with E-state index in [-0.39, 0.29) is 30.8 Å². The molecule has 0 aliphatic carbocycles. The largest absolute Gasteiger partial charge is 0.407 e. The number of imide groups is 1. The molecule has 152 valence electrons. The van der Waals surface area contributed by atoms with Gasteiger partial charge in [-0.05, 0) is 18.6 Å². The third-order valence-electron chi connectivity index (χ3n) is 5.52. The van der Waals surface area contributed by atoms with Gasteiger partial charge in [-0.3, -0.25) is 9.59 Å². The summed E-state index contributed by atoms with van der Waals surface area (Å²) < 4.78 is 44.7. The van der Waals surface area contributed by atoms with Crippen LogP contribution < -0.4 is 4.90 Å². The highest BCUT2D eigenvalue weighted by Crippen LogP contribution is 2.44. The van der Waals surface area contributed by atoms with Crippen LogP contribution in [0.1, 0.15) is 12.0 Å². The highest BCUT2D eigenvalue weighted by atomic mass is 19.4. The van der Waals surface area contributed by atoms with E-state index in [0.29, 0.717) is 17.4 Å². The molecule has 1 aromatic rings. The Bertz CT molecular complexity index is 957. The summed E-state index contributed by atoms with van der Waals surface area (Å²) in [5.41, 5.74) is -2.07. The van der Waals surface area contributed by atoms with E-state index >= 15 is 0 Å². The molecule has 2 unspecified atom stereocenters. The third-order valence-corrected chi connectivity index (χ3v) is 5.52. The van der Waals surface area contributed by atoms with Gasteiger partial charge in [0.15, 0.2) is 5.69 Å². The molecule has 3 fully saturated rings. The molecule has 8 nitrogen and oxygen atoms in total. The summed E-state index contributed by atoms with van der Waals surface area (Å²) in [6.07, 6.45) is -4.36. The summed E-state index contributed by atoms with van der Waals surface area (Å²) in [6, 6.07) is 0.174. The normalized spacial score (nSPS) is 25.6. The highest BCUT2D eigenvalue weighted by Gasteiger charge is 2.62. The molecular formula is C18H15F3N4O4. The highest BCUT2D eigenvalue weighted by molar-refractivity contribution is 6.22. The minimum Gasteiger partial charge on any atom is -0.375 e. The summed E-state index contributed by atoms with van der Waals surface area (Å²) in [7, 11) is 1.37. The van der Waals surface area contributed by atoms with Crippen LogP contribution in [-0.4, -0.2) is 66.0 Å². The first-order valence-electron chi connectivity index (χ1n) is 8.72. The number of urea groups is 1. The second kappa shape index (κ2) is 6.45. The molecule has 3 saturated heterocycles. The number of fused-ring (bicyclic) bond motifs is 5. The van der Waals surface area contributed by atoms with Crippen LogP contribution in [0.3, 0.4) is 0 Å². The number of carbonyl (C=O) groups is 3. The maximum Gasteiger partial charge on any atom is 0.407 e. The van der Waals surface area contributed by atoms with Crippen LogP contribution in [0, 0.1) is 6.57 Å². The van der Waals surface area contributed by atoms with Crippen LogP contribution in [-0.2, 0) is 20.5 Å². The van der Waals surface area contributed by atoms with E-state index in [2.05, 4.69) is 4.85 Å². The predicted octanol–water partition coefficient (Wildman–Crippen LogP) is 2.02. The number of halogens is 3. The van der Waals surface area contributed by atoms with Crippen molar-refractivity contribution in [3.05, 3.63) is 35.2 Å². The molecule has 0 saturated carbocycles. The van der Waals surface area contributed by atoms with Gasteiger partial charge >= 0.3 is 12.2 Å². The van der Waals surface area contributed by atoms with Crippen molar-refractivity contribution >= 4 is 29.2 Å². The van der Waals surface area contributed by atoms with Gasteiger partial charge in [-0.25, -0.2) is 14.5 Å². The summed E-state index contributed by atoms with van der Waals surface area (Å²) in [4.78, 5) is 44.5. The van der Waals surface area contributed by atoms with E-state index in [4.69, 9.17) is 11.3 Å². The molecule has 11 heteroatoms. The van der Waals surface area contributed by atoms with E-state index in [1.54, 1.807) is 0 Å². The Morgan fingerprint density at radius 2 is 2.07 bits per heavy atom. The zero-order valence-corrected chi connectivity index (χ0v) is 15.1. The minimum atomic E-state index is -4.81. The Morgan fingerprint density at radius 3 is 2.69 bits per heavy atom. The fourth-order valence-corrected chi connectivity index (χ4v) is 4.38. The first kappa shape index (κ1) is 19.2. The second-order valence-corrected chi connectivity index (χ2v) is 7.06. The molecule has 3 heterocycles. The number of ether oxygens (including phenoxy) is 1. The maximum atomic E-state index is 13.3. The zero-order valence-electron chi connectivity index (χ0n) is 15.1. The number of piperazine rings is 1. The molecule has 2 bridgehead atoms. The lowest BCUT2D eigenvalue weighted by Gasteiger charge is -2.34. The molecule has 4 rings (SSSR count). The van der Waals surface area contributed by atoms with Crippen molar-refractivity contribution in [3.63, 3.8) is 0 Å². The van der Waals surface area contributed by atoms with Crippen molar-refractivity contribution in [2.75, 3.05) is 25.2 Å². The van der Waals surface area contributed by atoms with Crippen molar-refractivity contribution < 1.29 is 32.3 Å². The number of carbonyl (C=O) groups excluding carboxylic acids is 3. The van der Waals surface area contributed by atoms with Crippen LogP contribution in [0.2, 0.25) is 0 Å². The smallest absolute Gasteiger partial charge is 0.375 e. The SMILES string of the molecule is [C-]#[N+]c1ccc(N2C(=O)[C@H]3C4CC(CN4C(=O)COC)N3C2=O)cc1C(F)(F)F. The molecule has 29 heavy (non-hydrogen) atoms. The average Bonchev–Trinajstić information content (AvgIpc) is 3.32. The van der Waals surface area contributed by atoms with Crippen molar-refractivity contribution in [1.82, 2.24) is 9.80 Å². The van der Waals surface area contributed by atoms with Gasteiger partial charge < -0.3 is 14.5 Å². The number of likely N-dealkylation sites (tertiary alicyclic amines) is 1. The van der Waals surface area contributed by atoms with Gasteiger partial charge in [0.2, 0.25) is 5.91 Å². The van der Waals surface area contributed by atoms with E-state index < -0.39 is 41.4 Å². The monoisotopic (exact) mass is 408 g/mol. The number of hydrogen-bond acceptors (Lipinski definition) is 4. The Hall–Kier alpha value is -3.13. The zero-order chi connectivity index (χ0) is 21.1. The number of hydrogen-bond donors (Lipinski definition) is 0. The molecule has 0 aromatic heterocycles. The Labute approximate surface area is 163 Å². The lowest BCUT2D eigenvalue weighted by Crippen LogP contribution is -2.55. The van der Waals surface area contributed by atoms with Gasteiger partial charge in [0, 0.05) is 13.7 Å². The molecule has 0 radical (unpaired) electrons. The average molecular weight is 408 g/mol. The summed E-state index contributed by atoms with van der Waals surface area (Å²) in [5.74, 6) is -0.986. The fraction of sp³-hybridized carbons (Fsp3) is 0.444. The fourth-order valence-electron chi connectivity index (χ4n) is 4.38. The third kappa shape index (κ3) is 2.74. The Balaban J connectivity index is 1.68. The number of nitrogens with zero attached hydrogens (tertiary/aromatic N) is 4. The van der Waals surface area contributed by atoms with Crippen molar-refractivity contribution in [2.24, 2.45) is 0 Å². The lowest BCUT2D eigenvalue weighted by molar-refractivity contribution is -0.139. The topological polar surface area (TPSA) is 74.5 Å². The predicted molar refractivity (Wildman–Crippen MR) is 92.0 cm³/mol. The second-order valence-electron chi connectivity index (χ2n) is 7.06. The minimum absolute atomic E-state index is 0.158. The Morgan fingerprint density at radius 1 is 1.34 bits per heavy atom. The van der Waals surface area contributed by atoms with Gasteiger partial charge in [0.1, 0.15) is 12.6 Å². The molecule has 3 aliphatic rings. The first-order valence-corrected chi connectivity index (χ1v) is 8.72. The maximum absolute atomic E-state index is 13.3. The Kier molecular flexibility index (Phi) is 4.27. The van der Waals surface area contributed by atoms with Gasteiger partial charge in [0.25, 0.3) is 5.91 Å². The van der Waals surface area contributed by atoms with E-state index in [0.717, 1.165) is 12.1 Å². The molecule has 0 N–H and O–H groups in total. The molecular weight excluding hydrogens is 393 g/mol. The van der Waals surface area contributed by atoms with Crippen LogP contribution >= 0.6 is 0 Å². The van der Waals surface area contributed by atoms with Crippen molar-refractivity contribution in [3.8, 4) is 0 Å². The van der Waals surface area contributed by atoms with Crippen LogP contribution in [0.25, 0.3) is 4.85 Å². The summed E-state index contributed by atoms with van der Waals surface area (Å²) in [6.45, 7) is 7.00. The number of methoxy groups -OCH3 is 1. The molecule has 3 atom stereocenters. The number of amides is 4. The lowest BCUT2D eigenvalue weighted by atomic mass is 10.1. The van der Waals surface area contributed by atoms with Gasteiger partial charge in [0.05, 0.1) is 29.9 Å². The van der Waals surface area contributed by atoms with Crippen molar-refractivity contribution in [1.29, 1.82) is 0 Å². The summed E-state index contributed by atoms with van der Waals surface area (Å²) >= 11 is 0. The van der Waals surface area contributed by atoms with Crippen LogP contribution in [0.4, 0.5) is 29.3 Å². The van der Waals surface area contributed by atoms with E-state index in [1.165, 1.54) is 16.9 Å². The molecule has 3 aliphatic heterocycles. The van der Waals surface area contributed by atoms with Crippen molar-refractivity contribution in [2.45, 2.75) is 30.7 Å². The number of rotatable bonds is 3. The molecule has 4 amide bonds. The van der Waals surface area contributed by atoms with E-state index in [1.807, 2.05) is 0 Å². The quantitative estimate of drug-likeness (QED) is 0.567. The van der Waals surface area contributed by atoms with Gasteiger partial charge in [-0.2, -0.15) is 13.2 Å². The summed E-state index contributed by atoms with van der Waals surface area (Å²) in [5, 5.41) is 0. The van der Waals surface area contributed by atoms with Gasteiger partial charge in [-0.1, -0.05) is 6.07 Å². The molecule has 0 spiro atoms. The first-order chi connectivity index (χ1) is 13.7. The standard InChI is InChI=1S/C18H15F3N4O4/c1-22-12-4-3-9(5-11(12)18(19,20)21)25-16(27)15-13-6-10(24(15)17(25)28)7-23(13)14(26)8-29-2/h3-5,10,13,15H,6-8H2,2H3/t10?,13?,15-/m1/s1. The van der Waals surface area contributed by atoms with Crippen LogP contribution in [0.15, 0.2) is 18.2 Å². The number of alkyl halides is 3. The molecule has 1 aromatic carbocycles. The number of benzene rings is 1. The van der Waals surface area contributed by atoms with Gasteiger partial charge in [-0.15, -0.1) is 0 Å². The van der Waals surface area contributed by atoms with Crippen LogP contribution in [0.5, 0.6) is 0 Å². The number of anilines is 1.